The topological polar surface area (TPSA) is 84.2 Å². The molecule has 1 saturated carbocycles. The monoisotopic (exact) mass is 369 g/mol. The summed E-state index contributed by atoms with van der Waals surface area (Å²) in [6.45, 7) is 1.92. The average Bonchev–Trinajstić information content (AvgIpc) is 3.32. The second-order valence-electron chi connectivity index (χ2n) is 6.62. The molecule has 4 rings (SSSR count). The Hall–Kier alpha value is -2.67. The molecule has 2 atom stereocenters. The quantitative estimate of drug-likeness (QED) is 0.738. The number of nitrogens with zero attached hydrogens (tertiary/aromatic N) is 2. The molecule has 0 bridgehead atoms. The Morgan fingerprint density at radius 1 is 1.27 bits per heavy atom. The van der Waals surface area contributed by atoms with E-state index in [2.05, 4.69) is 10.4 Å². The van der Waals surface area contributed by atoms with Crippen LogP contribution in [0.3, 0.4) is 0 Å². The molecule has 3 aromatic rings. The lowest BCUT2D eigenvalue weighted by Gasteiger charge is -2.16. The van der Waals surface area contributed by atoms with E-state index < -0.39 is 11.9 Å². The highest BCUT2D eigenvalue weighted by Crippen LogP contribution is 2.31. The van der Waals surface area contributed by atoms with Gasteiger partial charge in [0.2, 0.25) is 0 Å². The maximum absolute atomic E-state index is 12.7. The third kappa shape index (κ3) is 2.88. The van der Waals surface area contributed by atoms with Crippen LogP contribution in [0.4, 0.5) is 0 Å². The Morgan fingerprint density at radius 2 is 2.04 bits per heavy atom. The zero-order chi connectivity index (χ0) is 18.3. The molecule has 26 heavy (non-hydrogen) atoms. The number of fused-ring (bicyclic) bond motifs is 1. The Morgan fingerprint density at radius 3 is 2.77 bits per heavy atom. The summed E-state index contributed by atoms with van der Waals surface area (Å²) < 4.78 is 1.85. The van der Waals surface area contributed by atoms with Crippen LogP contribution in [-0.4, -0.2) is 32.8 Å². The maximum atomic E-state index is 12.7. The van der Waals surface area contributed by atoms with E-state index in [0.717, 1.165) is 28.0 Å². The number of para-hydroxylation sites is 1. The van der Waals surface area contributed by atoms with Crippen molar-refractivity contribution < 1.29 is 14.7 Å². The van der Waals surface area contributed by atoms with Crippen LogP contribution in [0, 0.1) is 12.8 Å². The van der Waals surface area contributed by atoms with Gasteiger partial charge in [-0.2, -0.15) is 5.10 Å². The number of aromatic nitrogens is 2. The van der Waals surface area contributed by atoms with E-state index in [1.165, 1.54) is 11.3 Å². The van der Waals surface area contributed by atoms with Crippen molar-refractivity contribution in [3.8, 4) is 5.69 Å². The van der Waals surface area contributed by atoms with Crippen LogP contribution in [0.25, 0.3) is 15.9 Å². The highest BCUT2D eigenvalue weighted by Gasteiger charge is 2.34. The molecular weight excluding hydrogens is 350 g/mol. The average molecular weight is 369 g/mol. The molecule has 1 aliphatic carbocycles. The van der Waals surface area contributed by atoms with Crippen molar-refractivity contribution in [3.05, 3.63) is 47.0 Å². The number of amides is 1. The molecule has 0 radical (unpaired) electrons. The van der Waals surface area contributed by atoms with Crippen LogP contribution in [-0.2, 0) is 4.79 Å². The third-order valence-corrected chi connectivity index (χ3v) is 6.03. The summed E-state index contributed by atoms with van der Waals surface area (Å²) in [5, 5.41) is 17.7. The Bertz CT molecular complexity index is 977. The van der Waals surface area contributed by atoms with Gasteiger partial charge < -0.3 is 10.4 Å². The summed E-state index contributed by atoms with van der Waals surface area (Å²) in [6, 6.07) is 11.4. The van der Waals surface area contributed by atoms with Crippen molar-refractivity contribution in [2.75, 3.05) is 0 Å². The predicted octanol–water partition coefficient (Wildman–Crippen LogP) is 3.38. The molecule has 2 heterocycles. The Kier molecular flexibility index (Phi) is 4.24. The number of hydrogen-bond acceptors (Lipinski definition) is 4. The van der Waals surface area contributed by atoms with Crippen molar-refractivity contribution in [1.82, 2.24) is 15.1 Å². The third-order valence-electron chi connectivity index (χ3n) is 4.92. The molecule has 2 N–H and O–H groups in total. The number of benzene rings is 1. The predicted molar refractivity (Wildman–Crippen MR) is 99.9 cm³/mol. The van der Waals surface area contributed by atoms with E-state index in [4.69, 9.17) is 0 Å². The molecule has 1 aliphatic rings. The summed E-state index contributed by atoms with van der Waals surface area (Å²) in [5.74, 6) is -1.53. The first-order chi connectivity index (χ1) is 12.5. The van der Waals surface area contributed by atoms with Gasteiger partial charge in [-0.15, -0.1) is 11.3 Å². The van der Waals surface area contributed by atoms with E-state index in [-0.39, 0.29) is 11.9 Å². The molecular formula is C19H19N3O3S. The number of carboxylic acids is 1. The van der Waals surface area contributed by atoms with Gasteiger partial charge in [0.1, 0.15) is 4.83 Å². The number of rotatable bonds is 4. The van der Waals surface area contributed by atoms with E-state index >= 15 is 0 Å². The second kappa shape index (κ2) is 6.57. The lowest BCUT2D eigenvalue weighted by atomic mass is 10.0. The molecule has 0 aliphatic heterocycles. The first-order valence-corrected chi connectivity index (χ1v) is 9.44. The van der Waals surface area contributed by atoms with E-state index in [1.54, 1.807) is 0 Å². The minimum atomic E-state index is -0.834. The van der Waals surface area contributed by atoms with E-state index in [9.17, 15) is 14.7 Å². The fourth-order valence-corrected chi connectivity index (χ4v) is 4.66. The number of carboxylic acid groups (broad SMARTS) is 1. The maximum Gasteiger partial charge on any atom is 0.308 e. The number of aliphatic carboxylic acids is 1. The zero-order valence-electron chi connectivity index (χ0n) is 14.3. The van der Waals surface area contributed by atoms with Gasteiger partial charge in [0.25, 0.3) is 5.91 Å². The van der Waals surface area contributed by atoms with Crippen LogP contribution < -0.4 is 5.32 Å². The van der Waals surface area contributed by atoms with Gasteiger partial charge in [-0.25, -0.2) is 4.68 Å². The number of nitrogens with one attached hydrogen (secondary N) is 1. The van der Waals surface area contributed by atoms with Crippen LogP contribution >= 0.6 is 11.3 Å². The lowest BCUT2D eigenvalue weighted by Crippen LogP contribution is -2.39. The van der Waals surface area contributed by atoms with Gasteiger partial charge in [-0.05, 0) is 38.0 Å². The standard InChI is InChI=1S/C19H19N3O3S/c1-11-14-10-16(17(23)20-15-9-5-8-13(15)19(24)25)26-18(14)22(21-11)12-6-3-2-4-7-12/h2-4,6-7,10,13,15H,5,8-9H2,1H3,(H,20,23)(H,24,25)/t13-,15+/m0/s1. The molecule has 134 valence electrons. The largest absolute Gasteiger partial charge is 0.481 e. The Labute approximate surface area is 154 Å². The Balaban J connectivity index is 1.63. The van der Waals surface area contributed by atoms with Crippen molar-refractivity contribution in [3.63, 3.8) is 0 Å². The van der Waals surface area contributed by atoms with Gasteiger partial charge in [0, 0.05) is 11.4 Å². The van der Waals surface area contributed by atoms with Crippen molar-refractivity contribution >= 4 is 33.4 Å². The fraction of sp³-hybridized carbons (Fsp3) is 0.316. The highest BCUT2D eigenvalue weighted by atomic mass is 32.1. The fourth-order valence-electron chi connectivity index (χ4n) is 3.57. The lowest BCUT2D eigenvalue weighted by molar-refractivity contribution is -0.142. The SMILES string of the molecule is Cc1nn(-c2ccccc2)c2sc(C(=O)N[C@@H]3CCC[C@@H]3C(=O)O)cc12. The summed E-state index contributed by atoms with van der Waals surface area (Å²) >= 11 is 1.38. The van der Waals surface area contributed by atoms with Crippen LogP contribution in [0.2, 0.25) is 0 Å². The summed E-state index contributed by atoms with van der Waals surface area (Å²) in [4.78, 5) is 25.5. The van der Waals surface area contributed by atoms with Crippen molar-refractivity contribution in [2.45, 2.75) is 32.2 Å². The van der Waals surface area contributed by atoms with E-state index in [1.807, 2.05) is 48.0 Å². The smallest absolute Gasteiger partial charge is 0.308 e. The number of thiophene rings is 1. The summed E-state index contributed by atoms with van der Waals surface area (Å²) in [5.41, 5.74) is 1.81. The molecule has 0 spiro atoms. The minimum absolute atomic E-state index is 0.205. The number of aryl methyl sites for hydroxylation is 1. The van der Waals surface area contributed by atoms with Gasteiger partial charge >= 0.3 is 5.97 Å². The zero-order valence-corrected chi connectivity index (χ0v) is 15.1. The molecule has 1 aromatic carbocycles. The molecule has 0 saturated heterocycles. The molecule has 1 fully saturated rings. The molecule has 0 unspecified atom stereocenters. The number of carbonyl (C=O) groups excluding carboxylic acids is 1. The van der Waals surface area contributed by atoms with Gasteiger partial charge in [-0.3, -0.25) is 9.59 Å². The molecule has 7 heteroatoms. The first-order valence-electron chi connectivity index (χ1n) is 8.63. The normalized spacial score (nSPS) is 19.7. The van der Waals surface area contributed by atoms with Crippen molar-refractivity contribution in [1.29, 1.82) is 0 Å². The summed E-state index contributed by atoms with van der Waals surface area (Å²) in [7, 11) is 0. The summed E-state index contributed by atoms with van der Waals surface area (Å²) in [6.07, 6.45) is 2.16. The van der Waals surface area contributed by atoms with E-state index in [0.29, 0.717) is 17.7 Å². The van der Waals surface area contributed by atoms with Gasteiger partial charge in [0.05, 0.1) is 22.2 Å². The van der Waals surface area contributed by atoms with Crippen molar-refractivity contribution in [2.24, 2.45) is 5.92 Å². The number of hydrogen-bond donors (Lipinski definition) is 2. The first kappa shape index (κ1) is 16.8. The molecule has 6 nitrogen and oxygen atoms in total. The molecule has 2 aromatic heterocycles. The van der Waals surface area contributed by atoms with Crippen LogP contribution in [0.5, 0.6) is 0 Å². The second-order valence-corrected chi connectivity index (χ2v) is 7.65. The van der Waals surface area contributed by atoms with Crippen LogP contribution in [0.15, 0.2) is 36.4 Å². The highest BCUT2D eigenvalue weighted by molar-refractivity contribution is 7.20. The number of carbonyl (C=O) groups is 2. The molecule has 1 amide bonds. The van der Waals surface area contributed by atoms with Crippen LogP contribution in [0.1, 0.15) is 34.6 Å². The van der Waals surface area contributed by atoms with Gasteiger partial charge in [0.15, 0.2) is 0 Å². The van der Waals surface area contributed by atoms with Gasteiger partial charge in [-0.1, -0.05) is 24.6 Å². The minimum Gasteiger partial charge on any atom is -0.481 e.